The minimum absolute atomic E-state index is 0.0843. The van der Waals surface area contributed by atoms with Gasteiger partial charge in [-0.15, -0.1) is 11.3 Å². The number of likely N-dealkylation sites (tertiary alicyclic amines) is 1. The molecule has 11 heteroatoms. The van der Waals surface area contributed by atoms with Crippen molar-refractivity contribution < 1.29 is 23.9 Å². The molecule has 3 rings (SSSR count). The maximum atomic E-state index is 13.9. The molecule has 3 atom stereocenters. The third-order valence-corrected chi connectivity index (χ3v) is 8.36. The molecule has 1 aromatic carbocycles. The number of rotatable bonds is 13. The van der Waals surface area contributed by atoms with E-state index >= 15 is 0 Å². The first kappa shape index (κ1) is 33.2. The molecular weight excluding hydrogens is 554 g/mol. The van der Waals surface area contributed by atoms with Crippen LogP contribution in [0.2, 0.25) is 0 Å². The van der Waals surface area contributed by atoms with Gasteiger partial charge in [0.1, 0.15) is 18.2 Å². The monoisotopic (exact) mass is 599 g/mol. The number of amides is 3. The van der Waals surface area contributed by atoms with Crippen molar-refractivity contribution in [2.24, 2.45) is 11.1 Å². The van der Waals surface area contributed by atoms with Crippen LogP contribution in [0.1, 0.15) is 77.5 Å². The van der Waals surface area contributed by atoms with E-state index in [1.54, 1.807) is 11.3 Å². The van der Waals surface area contributed by atoms with Gasteiger partial charge in [-0.3, -0.25) is 19.2 Å². The molecule has 3 amide bonds. The lowest BCUT2D eigenvalue weighted by Crippen LogP contribution is -2.57. The predicted molar refractivity (Wildman–Crippen MR) is 163 cm³/mol. The molecule has 2 aromatic rings. The first-order valence-corrected chi connectivity index (χ1v) is 15.5. The smallest absolute Gasteiger partial charge is 0.302 e. The molecule has 1 aliphatic heterocycles. The molecule has 2 heterocycles. The van der Waals surface area contributed by atoms with Crippen LogP contribution in [-0.4, -0.2) is 64.9 Å². The molecule has 1 aliphatic rings. The number of nitrogens with two attached hydrogens (primary N) is 1. The number of nitrogens with zero attached hydrogens (tertiary/aromatic N) is 2. The zero-order chi connectivity index (χ0) is 30.9. The van der Waals surface area contributed by atoms with Gasteiger partial charge in [-0.1, -0.05) is 57.9 Å². The average molecular weight is 600 g/mol. The Morgan fingerprint density at radius 2 is 1.81 bits per heavy atom. The second kappa shape index (κ2) is 15.2. The summed E-state index contributed by atoms with van der Waals surface area (Å²) < 4.78 is 5.41. The lowest BCUT2D eigenvalue weighted by atomic mass is 9.85. The number of carbonyl (C=O) groups is 4. The average Bonchev–Trinajstić information content (AvgIpc) is 3.55. The van der Waals surface area contributed by atoms with Crippen molar-refractivity contribution in [1.82, 2.24) is 20.5 Å². The summed E-state index contributed by atoms with van der Waals surface area (Å²) in [6, 6.07) is 6.23. The second-order valence-corrected chi connectivity index (χ2v) is 12.8. The Kier molecular flexibility index (Phi) is 12.0. The Hall–Kier alpha value is -3.31. The third kappa shape index (κ3) is 9.35. The normalized spacial score (nSPS) is 17.5. The SMILES string of the molecule is CC(=O)O[C@@H]1C[C@@H](C(=O)NCc2ccc(-c3scnc3C)cc2)N(C(=O)[C@@H](NC(=O)CCCCCCN)C(C)(C)C)C1. The number of hydrogen-bond acceptors (Lipinski definition) is 8. The molecular formula is C31H45N5O5S. The van der Waals surface area contributed by atoms with Crippen LogP contribution in [0.25, 0.3) is 10.4 Å². The number of carbonyl (C=O) groups excluding carboxylic acids is 4. The zero-order valence-electron chi connectivity index (χ0n) is 25.4. The highest BCUT2D eigenvalue weighted by molar-refractivity contribution is 7.13. The van der Waals surface area contributed by atoms with Gasteiger partial charge in [-0.25, -0.2) is 4.98 Å². The predicted octanol–water partition coefficient (Wildman–Crippen LogP) is 3.71. The second-order valence-electron chi connectivity index (χ2n) is 12.0. The maximum absolute atomic E-state index is 13.9. The number of aryl methyl sites for hydroxylation is 1. The summed E-state index contributed by atoms with van der Waals surface area (Å²) in [6.45, 7) is 9.91. The number of aromatic nitrogens is 1. The van der Waals surface area contributed by atoms with Crippen molar-refractivity contribution in [3.63, 3.8) is 0 Å². The van der Waals surface area contributed by atoms with Crippen LogP contribution >= 0.6 is 11.3 Å². The maximum Gasteiger partial charge on any atom is 0.302 e. The first-order valence-electron chi connectivity index (χ1n) is 14.6. The van der Waals surface area contributed by atoms with Gasteiger partial charge in [-0.05, 0) is 42.9 Å². The van der Waals surface area contributed by atoms with Crippen molar-refractivity contribution in [3.8, 4) is 10.4 Å². The lowest BCUT2D eigenvalue weighted by molar-refractivity contribution is -0.147. The standard InChI is InChI=1S/C31H45N5O5S/c1-20-27(42-19-34-20)23-13-11-22(12-14-23)17-33-29(39)25-16-24(41-21(2)37)18-36(25)30(40)28(31(3,4)5)35-26(38)10-8-6-7-9-15-32/h11-14,19,24-25,28H,6-10,15-18,32H2,1-5H3,(H,33,39)(H,35,38)/t24-,25+,28-/m1/s1. The Morgan fingerprint density at radius 3 is 2.40 bits per heavy atom. The fourth-order valence-corrected chi connectivity index (χ4v) is 5.91. The zero-order valence-corrected chi connectivity index (χ0v) is 26.2. The van der Waals surface area contributed by atoms with Crippen LogP contribution in [0.5, 0.6) is 0 Å². The van der Waals surface area contributed by atoms with Gasteiger partial charge < -0.3 is 26.0 Å². The fraction of sp³-hybridized carbons (Fsp3) is 0.581. The van der Waals surface area contributed by atoms with Gasteiger partial charge >= 0.3 is 5.97 Å². The molecule has 0 radical (unpaired) electrons. The first-order chi connectivity index (χ1) is 19.9. The quantitative estimate of drug-likeness (QED) is 0.235. The summed E-state index contributed by atoms with van der Waals surface area (Å²) in [5.74, 6) is -1.37. The molecule has 1 aromatic heterocycles. The summed E-state index contributed by atoms with van der Waals surface area (Å²) in [5.41, 5.74) is 9.70. The molecule has 230 valence electrons. The van der Waals surface area contributed by atoms with Crippen LogP contribution in [-0.2, 0) is 30.5 Å². The summed E-state index contributed by atoms with van der Waals surface area (Å²) >= 11 is 1.58. The topological polar surface area (TPSA) is 144 Å². The Labute approximate surface area is 252 Å². The molecule has 0 spiro atoms. The van der Waals surface area contributed by atoms with E-state index in [0.29, 0.717) is 19.4 Å². The van der Waals surface area contributed by atoms with Crippen LogP contribution in [0, 0.1) is 12.3 Å². The van der Waals surface area contributed by atoms with Crippen LogP contribution in [0.3, 0.4) is 0 Å². The number of benzene rings is 1. The molecule has 10 nitrogen and oxygen atoms in total. The number of ether oxygens (including phenoxy) is 1. The van der Waals surface area contributed by atoms with Crippen molar-refractivity contribution in [3.05, 3.63) is 41.0 Å². The van der Waals surface area contributed by atoms with E-state index in [1.165, 1.54) is 11.8 Å². The van der Waals surface area contributed by atoms with Gasteiger partial charge in [0.2, 0.25) is 17.7 Å². The summed E-state index contributed by atoms with van der Waals surface area (Å²) in [4.78, 5) is 58.7. The van der Waals surface area contributed by atoms with E-state index in [1.807, 2.05) is 57.5 Å². The lowest BCUT2D eigenvalue weighted by Gasteiger charge is -2.35. The number of thiazole rings is 1. The van der Waals surface area contributed by atoms with Crippen molar-refractivity contribution in [2.45, 2.75) is 97.9 Å². The molecule has 0 unspecified atom stereocenters. The summed E-state index contributed by atoms with van der Waals surface area (Å²) in [6.07, 6.45) is 3.38. The number of esters is 1. The van der Waals surface area contributed by atoms with E-state index in [4.69, 9.17) is 10.5 Å². The Morgan fingerprint density at radius 1 is 1.12 bits per heavy atom. The Balaban J connectivity index is 1.69. The van der Waals surface area contributed by atoms with Crippen molar-refractivity contribution in [2.75, 3.05) is 13.1 Å². The molecule has 0 bridgehead atoms. The summed E-state index contributed by atoms with van der Waals surface area (Å²) in [5, 5.41) is 5.87. The molecule has 1 fully saturated rings. The van der Waals surface area contributed by atoms with Crippen molar-refractivity contribution in [1.29, 1.82) is 0 Å². The molecule has 42 heavy (non-hydrogen) atoms. The minimum atomic E-state index is -0.844. The third-order valence-electron chi connectivity index (χ3n) is 7.39. The van der Waals surface area contributed by atoms with Crippen LogP contribution in [0.4, 0.5) is 0 Å². The van der Waals surface area contributed by atoms with Crippen molar-refractivity contribution >= 4 is 35.0 Å². The number of hydrogen-bond donors (Lipinski definition) is 3. The van der Waals surface area contributed by atoms with Crippen LogP contribution in [0.15, 0.2) is 29.8 Å². The van der Waals surface area contributed by atoms with E-state index in [2.05, 4.69) is 15.6 Å². The number of unbranched alkanes of at least 4 members (excludes halogenated alkanes) is 3. The highest BCUT2D eigenvalue weighted by Gasteiger charge is 2.45. The molecule has 4 N–H and O–H groups in total. The van der Waals surface area contributed by atoms with Crippen LogP contribution < -0.4 is 16.4 Å². The van der Waals surface area contributed by atoms with E-state index < -0.39 is 29.6 Å². The largest absolute Gasteiger partial charge is 0.461 e. The van der Waals surface area contributed by atoms with E-state index in [0.717, 1.165) is 41.0 Å². The van der Waals surface area contributed by atoms with Gasteiger partial charge in [0.05, 0.1) is 22.6 Å². The molecule has 0 saturated carbocycles. The number of nitrogens with one attached hydrogen (secondary N) is 2. The highest BCUT2D eigenvalue weighted by Crippen LogP contribution is 2.29. The van der Waals surface area contributed by atoms with Gasteiger partial charge in [0.15, 0.2) is 0 Å². The highest BCUT2D eigenvalue weighted by atomic mass is 32.1. The Bertz CT molecular complexity index is 1220. The minimum Gasteiger partial charge on any atom is -0.461 e. The van der Waals surface area contributed by atoms with Gasteiger partial charge in [0, 0.05) is 26.3 Å². The molecule has 1 saturated heterocycles. The summed E-state index contributed by atoms with van der Waals surface area (Å²) in [7, 11) is 0. The molecule has 0 aliphatic carbocycles. The van der Waals surface area contributed by atoms with Gasteiger partial charge in [0.25, 0.3) is 0 Å². The van der Waals surface area contributed by atoms with E-state index in [9.17, 15) is 19.2 Å². The fourth-order valence-electron chi connectivity index (χ4n) is 5.10. The van der Waals surface area contributed by atoms with Gasteiger partial charge in [-0.2, -0.15) is 0 Å². The van der Waals surface area contributed by atoms with E-state index in [-0.39, 0.29) is 37.2 Å².